The van der Waals surface area contributed by atoms with E-state index >= 15 is 0 Å². The lowest BCUT2D eigenvalue weighted by Gasteiger charge is -1.97. The highest BCUT2D eigenvalue weighted by molar-refractivity contribution is 6.35. The average Bonchev–Trinajstić information content (AvgIpc) is 2.14. The molecule has 1 radical (unpaired) electrons. The second kappa shape index (κ2) is 4.20. The van der Waals surface area contributed by atoms with E-state index in [1.165, 1.54) is 7.11 Å². The van der Waals surface area contributed by atoms with Crippen molar-refractivity contribution in [3.05, 3.63) is 23.9 Å². The number of pyridine rings is 1. The molecule has 1 aromatic rings. The highest BCUT2D eigenvalue weighted by atomic mass is 16.6. The number of nitrogen functional groups attached to an aromatic ring is 1. The molecule has 0 spiro atoms. The van der Waals surface area contributed by atoms with Crippen molar-refractivity contribution in [2.75, 3.05) is 12.8 Å². The molecule has 0 aliphatic rings. The zero-order valence-electron chi connectivity index (χ0n) is 7.02. The van der Waals surface area contributed by atoms with Crippen molar-refractivity contribution < 1.29 is 9.63 Å². The molecule has 1 rings (SSSR count). The quantitative estimate of drug-likeness (QED) is 0.527. The van der Waals surface area contributed by atoms with Gasteiger partial charge < -0.3 is 10.6 Å². The van der Waals surface area contributed by atoms with Crippen LogP contribution in [0.25, 0.3) is 0 Å². The zero-order chi connectivity index (χ0) is 9.68. The predicted molar refractivity (Wildman–Crippen MR) is 47.9 cm³/mol. The molecule has 2 N–H and O–H groups in total. The number of nitrogens with two attached hydrogens (primary N) is 1. The summed E-state index contributed by atoms with van der Waals surface area (Å²) in [7, 11) is 1.34. The maximum atomic E-state index is 10.4. The second-order valence-electron chi connectivity index (χ2n) is 2.17. The van der Waals surface area contributed by atoms with Crippen LogP contribution in [0, 0.1) is 0 Å². The summed E-state index contributed by atoms with van der Waals surface area (Å²) in [4.78, 5) is 18.7. The molecule has 0 bridgehead atoms. The molecule has 1 heterocycles. The molecule has 0 aromatic carbocycles. The van der Waals surface area contributed by atoms with E-state index in [-0.39, 0.29) is 5.71 Å². The number of hydrogen-bond donors (Lipinski definition) is 1. The van der Waals surface area contributed by atoms with Crippen LogP contribution in [0.15, 0.2) is 23.4 Å². The van der Waals surface area contributed by atoms with Crippen molar-refractivity contribution >= 4 is 17.8 Å². The third-order valence-electron chi connectivity index (χ3n) is 1.29. The van der Waals surface area contributed by atoms with E-state index in [2.05, 4.69) is 15.0 Å². The van der Waals surface area contributed by atoms with Crippen molar-refractivity contribution in [2.24, 2.45) is 5.16 Å². The van der Waals surface area contributed by atoms with Crippen molar-refractivity contribution in [3.63, 3.8) is 0 Å². The number of carbonyl (C=O) groups excluding carboxylic acids is 1. The van der Waals surface area contributed by atoms with Crippen LogP contribution in [0.5, 0.6) is 0 Å². The molecule has 67 valence electrons. The summed E-state index contributed by atoms with van der Waals surface area (Å²) in [5.74, 6) is 0.316. The number of nitrogens with zero attached hydrogens (tertiary/aromatic N) is 2. The number of oxime groups is 1. The van der Waals surface area contributed by atoms with Crippen LogP contribution < -0.4 is 5.73 Å². The van der Waals surface area contributed by atoms with Crippen LogP contribution in [0.4, 0.5) is 5.82 Å². The van der Waals surface area contributed by atoms with E-state index in [1.807, 2.05) is 0 Å². The van der Waals surface area contributed by atoms with Crippen molar-refractivity contribution in [2.45, 2.75) is 0 Å². The largest absolute Gasteiger partial charge is 0.398 e. The van der Waals surface area contributed by atoms with Crippen molar-refractivity contribution in [1.82, 2.24) is 4.98 Å². The maximum absolute atomic E-state index is 10.4. The summed E-state index contributed by atoms with van der Waals surface area (Å²) in [6.45, 7) is 0. The average molecular weight is 178 g/mol. The molecule has 0 aliphatic heterocycles. The summed E-state index contributed by atoms with van der Waals surface area (Å²) >= 11 is 0. The highest BCUT2D eigenvalue weighted by Gasteiger charge is 2.05. The van der Waals surface area contributed by atoms with Crippen molar-refractivity contribution in [3.8, 4) is 0 Å². The van der Waals surface area contributed by atoms with Crippen LogP contribution in [-0.2, 0) is 9.63 Å². The summed E-state index contributed by atoms with van der Waals surface area (Å²) < 4.78 is 0. The zero-order valence-corrected chi connectivity index (χ0v) is 7.02. The third-order valence-corrected chi connectivity index (χ3v) is 1.29. The van der Waals surface area contributed by atoms with Gasteiger partial charge in [-0.3, -0.25) is 4.79 Å². The summed E-state index contributed by atoms with van der Waals surface area (Å²) in [6, 6.07) is 4.87. The molecule has 1 aromatic heterocycles. The van der Waals surface area contributed by atoms with Gasteiger partial charge in [0.1, 0.15) is 12.9 Å². The molecule has 0 amide bonds. The molecule has 0 unspecified atom stereocenters. The van der Waals surface area contributed by atoms with E-state index in [4.69, 9.17) is 5.73 Å². The number of hydrogen-bond acceptors (Lipinski definition) is 5. The van der Waals surface area contributed by atoms with Crippen LogP contribution in [0.3, 0.4) is 0 Å². The summed E-state index contributed by atoms with van der Waals surface area (Å²) in [6.07, 6.45) is 1.60. The van der Waals surface area contributed by atoms with Gasteiger partial charge in [0.2, 0.25) is 0 Å². The van der Waals surface area contributed by atoms with Gasteiger partial charge in [0.25, 0.3) is 6.29 Å². The minimum absolute atomic E-state index is 0.00481. The molecule has 5 nitrogen and oxygen atoms in total. The van der Waals surface area contributed by atoms with Gasteiger partial charge in [0.05, 0.1) is 5.69 Å². The Morgan fingerprint density at radius 3 is 3.00 bits per heavy atom. The number of anilines is 1. The van der Waals surface area contributed by atoms with Gasteiger partial charge in [-0.05, 0) is 12.1 Å². The summed E-state index contributed by atoms with van der Waals surface area (Å²) in [5.41, 5.74) is 5.75. The number of rotatable bonds is 3. The highest BCUT2D eigenvalue weighted by Crippen LogP contribution is 2.01. The lowest BCUT2D eigenvalue weighted by atomic mass is 10.2. The minimum atomic E-state index is -0.00481. The molecule has 0 saturated heterocycles. The first-order valence-electron chi connectivity index (χ1n) is 3.50. The van der Waals surface area contributed by atoms with Gasteiger partial charge in [-0.25, -0.2) is 4.98 Å². The Hall–Kier alpha value is -1.91. The molecule has 5 heteroatoms. The van der Waals surface area contributed by atoms with E-state index in [1.54, 1.807) is 24.5 Å². The fraction of sp³-hybridized carbons (Fsp3) is 0.125. The molecular weight excluding hydrogens is 170 g/mol. The topological polar surface area (TPSA) is 77.6 Å². The first kappa shape index (κ1) is 9.18. The lowest BCUT2D eigenvalue weighted by Crippen LogP contribution is -2.06. The SMILES string of the molecule is CO/N=C(/[C]=O)c1cccc(N)n1. The van der Waals surface area contributed by atoms with E-state index in [0.29, 0.717) is 11.5 Å². The maximum Gasteiger partial charge on any atom is 0.259 e. The van der Waals surface area contributed by atoms with Gasteiger partial charge in [0.15, 0.2) is 5.71 Å². The first-order valence-corrected chi connectivity index (χ1v) is 3.50. The fourth-order valence-corrected chi connectivity index (χ4v) is 0.792. The Morgan fingerprint density at radius 1 is 1.69 bits per heavy atom. The normalized spacial score (nSPS) is 11.0. The predicted octanol–water partition coefficient (Wildman–Crippen LogP) is 0.124. The van der Waals surface area contributed by atoms with Gasteiger partial charge in [-0.1, -0.05) is 11.2 Å². The van der Waals surface area contributed by atoms with Crippen LogP contribution in [0.2, 0.25) is 0 Å². The first-order chi connectivity index (χ1) is 6.27. The molecule has 0 fully saturated rings. The Labute approximate surface area is 75.2 Å². The van der Waals surface area contributed by atoms with E-state index < -0.39 is 0 Å². The van der Waals surface area contributed by atoms with Crippen LogP contribution >= 0.6 is 0 Å². The van der Waals surface area contributed by atoms with Crippen molar-refractivity contribution in [1.29, 1.82) is 0 Å². The standard InChI is InChI=1S/C8H8N3O2/c1-13-11-7(5-12)6-3-2-4-8(9)10-6/h2-4H,1H3,(H2,9,10)/b11-7-. The van der Waals surface area contributed by atoms with E-state index in [9.17, 15) is 4.79 Å². The minimum Gasteiger partial charge on any atom is -0.398 e. The Kier molecular flexibility index (Phi) is 2.97. The Balaban J connectivity index is 3.05. The third kappa shape index (κ3) is 2.26. The fourth-order valence-electron chi connectivity index (χ4n) is 0.792. The van der Waals surface area contributed by atoms with Crippen LogP contribution in [0.1, 0.15) is 5.69 Å². The lowest BCUT2D eigenvalue weighted by molar-refractivity contribution is 0.214. The molecule has 0 atom stereocenters. The molecule has 0 saturated carbocycles. The van der Waals surface area contributed by atoms with E-state index in [0.717, 1.165) is 0 Å². The Morgan fingerprint density at radius 2 is 2.46 bits per heavy atom. The smallest absolute Gasteiger partial charge is 0.259 e. The second-order valence-corrected chi connectivity index (χ2v) is 2.17. The molecular formula is C8H8N3O2. The molecule has 13 heavy (non-hydrogen) atoms. The van der Waals surface area contributed by atoms with Crippen LogP contribution in [-0.4, -0.2) is 24.1 Å². The van der Waals surface area contributed by atoms with Gasteiger partial charge in [0, 0.05) is 0 Å². The van der Waals surface area contributed by atoms with Gasteiger partial charge >= 0.3 is 0 Å². The monoisotopic (exact) mass is 178 g/mol. The Bertz CT molecular complexity index is 336. The van der Waals surface area contributed by atoms with Gasteiger partial charge in [-0.15, -0.1) is 0 Å². The summed E-state index contributed by atoms with van der Waals surface area (Å²) in [5, 5.41) is 3.43. The molecule has 0 aliphatic carbocycles. The van der Waals surface area contributed by atoms with Gasteiger partial charge in [-0.2, -0.15) is 0 Å². The number of aromatic nitrogens is 1.